The van der Waals surface area contributed by atoms with E-state index >= 15 is 0 Å². The van der Waals surface area contributed by atoms with Gasteiger partial charge in [0.15, 0.2) is 0 Å². The summed E-state index contributed by atoms with van der Waals surface area (Å²) in [5.41, 5.74) is 4.95. The van der Waals surface area contributed by atoms with Crippen LogP contribution in [0.15, 0.2) is 89.9 Å². The van der Waals surface area contributed by atoms with Gasteiger partial charge < -0.3 is 5.32 Å². The highest BCUT2D eigenvalue weighted by molar-refractivity contribution is 5.62. The summed E-state index contributed by atoms with van der Waals surface area (Å²) in [6, 6.07) is 29.3. The van der Waals surface area contributed by atoms with E-state index in [4.69, 9.17) is 0 Å². The van der Waals surface area contributed by atoms with Crippen LogP contribution in [0.2, 0.25) is 0 Å². The quantitative estimate of drug-likeness (QED) is 0.602. The van der Waals surface area contributed by atoms with Gasteiger partial charge in [-0.1, -0.05) is 72.8 Å². The normalized spacial score (nSPS) is 10.8. The predicted molar refractivity (Wildman–Crippen MR) is 103 cm³/mol. The molecule has 2 nitrogen and oxygen atoms in total. The number of hydrogen-bond donors (Lipinski definition) is 1. The third kappa shape index (κ3) is 5.10. The summed E-state index contributed by atoms with van der Waals surface area (Å²) in [4.78, 5) is 4.49. The van der Waals surface area contributed by atoms with Gasteiger partial charge in [0.2, 0.25) is 0 Å². The topological polar surface area (TPSA) is 24.4 Å². The summed E-state index contributed by atoms with van der Waals surface area (Å²) in [6.07, 6.45) is 2.87. The van der Waals surface area contributed by atoms with E-state index < -0.39 is 0 Å². The number of aliphatic imine (C=N–C) groups is 1. The van der Waals surface area contributed by atoms with Gasteiger partial charge in [-0.05, 0) is 28.8 Å². The molecule has 0 heterocycles. The molecular weight excluding hydrogens is 292 g/mol. The fourth-order valence-electron chi connectivity index (χ4n) is 2.48. The Morgan fingerprint density at radius 2 is 1.29 bits per heavy atom. The second kappa shape index (κ2) is 8.68. The largest absolute Gasteiger partial charge is 0.381 e. The molecule has 0 amide bonds. The Morgan fingerprint density at radius 1 is 0.667 bits per heavy atom. The number of benzene rings is 3. The molecule has 0 fully saturated rings. The van der Waals surface area contributed by atoms with Gasteiger partial charge in [-0.15, -0.1) is 0 Å². The first-order valence-corrected chi connectivity index (χ1v) is 8.29. The highest BCUT2D eigenvalue weighted by Crippen LogP contribution is 2.11. The zero-order valence-corrected chi connectivity index (χ0v) is 13.7. The second-order valence-electron chi connectivity index (χ2n) is 5.75. The van der Waals surface area contributed by atoms with Gasteiger partial charge in [0.25, 0.3) is 0 Å². The van der Waals surface area contributed by atoms with Crippen molar-refractivity contribution in [3.8, 4) is 0 Å². The molecule has 1 N–H and O–H groups in total. The highest BCUT2D eigenvalue weighted by atomic mass is 14.9. The average molecular weight is 314 g/mol. The standard InChI is InChI=1S/C22H22N2/c1-3-7-20(8-4-1)17-23-16-15-19-11-13-22(14-12-19)24-18-21-9-5-2-6-10-21/h1-14,16,24H,15,17-18H2. The molecular formula is C22H22N2. The van der Waals surface area contributed by atoms with Crippen LogP contribution in [0.3, 0.4) is 0 Å². The van der Waals surface area contributed by atoms with Crippen LogP contribution in [0.4, 0.5) is 5.69 Å². The van der Waals surface area contributed by atoms with E-state index in [-0.39, 0.29) is 0 Å². The molecule has 0 atom stereocenters. The smallest absolute Gasteiger partial charge is 0.0635 e. The Morgan fingerprint density at radius 3 is 1.96 bits per heavy atom. The molecule has 0 aromatic heterocycles. The SMILES string of the molecule is C(Cc1ccc(NCc2ccccc2)cc1)=NCc1ccccc1. The molecule has 0 saturated heterocycles. The van der Waals surface area contributed by atoms with Crippen LogP contribution in [-0.2, 0) is 19.5 Å². The molecule has 0 bridgehead atoms. The highest BCUT2D eigenvalue weighted by Gasteiger charge is 1.95. The Bertz CT molecular complexity index is 747. The van der Waals surface area contributed by atoms with E-state index in [2.05, 4.69) is 71.0 Å². The van der Waals surface area contributed by atoms with E-state index in [1.807, 2.05) is 30.5 Å². The van der Waals surface area contributed by atoms with Crippen LogP contribution in [0, 0.1) is 0 Å². The maximum absolute atomic E-state index is 4.49. The van der Waals surface area contributed by atoms with Gasteiger partial charge in [-0.25, -0.2) is 0 Å². The lowest BCUT2D eigenvalue weighted by Gasteiger charge is -2.07. The third-order valence-corrected chi connectivity index (χ3v) is 3.87. The minimum atomic E-state index is 0.748. The zero-order chi connectivity index (χ0) is 16.5. The maximum Gasteiger partial charge on any atom is 0.0635 e. The molecule has 3 aromatic rings. The van der Waals surface area contributed by atoms with Crippen molar-refractivity contribution in [1.82, 2.24) is 0 Å². The number of nitrogens with zero attached hydrogens (tertiary/aromatic N) is 1. The number of anilines is 1. The van der Waals surface area contributed by atoms with Gasteiger partial charge >= 0.3 is 0 Å². The summed E-state index contributed by atoms with van der Waals surface area (Å²) < 4.78 is 0. The van der Waals surface area contributed by atoms with Crippen molar-refractivity contribution < 1.29 is 0 Å². The van der Waals surface area contributed by atoms with Gasteiger partial charge in [-0.2, -0.15) is 0 Å². The van der Waals surface area contributed by atoms with E-state index in [0.29, 0.717) is 0 Å². The molecule has 120 valence electrons. The van der Waals surface area contributed by atoms with Crippen LogP contribution in [0.5, 0.6) is 0 Å². The van der Waals surface area contributed by atoms with E-state index in [0.717, 1.165) is 25.2 Å². The van der Waals surface area contributed by atoms with Crippen molar-refractivity contribution in [2.45, 2.75) is 19.5 Å². The molecule has 2 heteroatoms. The Balaban J connectivity index is 1.46. The lowest BCUT2D eigenvalue weighted by molar-refractivity contribution is 1.07. The van der Waals surface area contributed by atoms with Crippen molar-refractivity contribution in [2.24, 2.45) is 4.99 Å². The fraction of sp³-hybridized carbons (Fsp3) is 0.136. The Labute approximate surface area is 143 Å². The first-order chi connectivity index (χ1) is 11.9. The second-order valence-corrected chi connectivity index (χ2v) is 5.75. The summed E-state index contributed by atoms with van der Waals surface area (Å²) >= 11 is 0. The fourth-order valence-corrected chi connectivity index (χ4v) is 2.48. The van der Waals surface area contributed by atoms with Crippen LogP contribution in [0.25, 0.3) is 0 Å². The molecule has 0 radical (unpaired) electrons. The summed E-state index contributed by atoms with van der Waals surface area (Å²) in [6.45, 7) is 1.59. The van der Waals surface area contributed by atoms with Gasteiger partial charge in [-0.3, -0.25) is 4.99 Å². The minimum absolute atomic E-state index is 0.748. The molecule has 0 aliphatic rings. The molecule has 0 aliphatic heterocycles. The molecule has 0 spiro atoms. The Hall–Kier alpha value is -2.87. The van der Waals surface area contributed by atoms with Crippen LogP contribution >= 0.6 is 0 Å². The van der Waals surface area contributed by atoms with Crippen molar-refractivity contribution in [2.75, 3.05) is 5.32 Å². The molecule has 3 aromatic carbocycles. The lowest BCUT2D eigenvalue weighted by Crippen LogP contribution is -1.99. The number of rotatable bonds is 7. The summed E-state index contributed by atoms with van der Waals surface area (Å²) in [5, 5.41) is 3.44. The minimum Gasteiger partial charge on any atom is -0.381 e. The van der Waals surface area contributed by atoms with Crippen LogP contribution in [0.1, 0.15) is 16.7 Å². The van der Waals surface area contributed by atoms with Crippen molar-refractivity contribution in [3.63, 3.8) is 0 Å². The third-order valence-electron chi connectivity index (χ3n) is 3.87. The van der Waals surface area contributed by atoms with Crippen molar-refractivity contribution >= 4 is 11.9 Å². The summed E-state index contributed by atoms with van der Waals surface area (Å²) in [5.74, 6) is 0. The van der Waals surface area contributed by atoms with E-state index in [1.165, 1.54) is 16.7 Å². The molecule has 0 unspecified atom stereocenters. The van der Waals surface area contributed by atoms with Gasteiger partial charge in [0, 0.05) is 24.9 Å². The van der Waals surface area contributed by atoms with Crippen molar-refractivity contribution in [3.05, 3.63) is 102 Å². The van der Waals surface area contributed by atoms with Gasteiger partial charge in [0.05, 0.1) is 6.54 Å². The lowest BCUT2D eigenvalue weighted by atomic mass is 10.1. The molecule has 0 saturated carbocycles. The predicted octanol–water partition coefficient (Wildman–Crippen LogP) is 5.11. The zero-order valence-electron chi connectivity index (χ0n) is 13.7. The van der Waals surface area contributed by atoms with Gasteiger partial charge in [0.1, 0.15) is 0 Å². The van der Waals surface area contributed by atoms with E-state index in [9.17, 15) is 0 Å². The Kier molecular flexibility index (Phi) is 5.79. The first kappa shape index (κ1) is 16.0. The number of hydrogen-bond acceptors (Lipinski definition) is 2. The van der Waals surface area contributed by atoms with E-state index in [1.54, 1.807) is 0 Å². The monoisotopic (exact) mass is 314 g/mol. The average Bonchev–Trinajstić information content (AvgIpc) is 2.66. The van der Waals surface area contributed by atoms with Crippen LogP contribution in [-0.4, -0.2) is 6.21 Å². The van der Waals surface area contributed by atoms with Crippen molar-refractivity contribution in [1.29, 1.82) is 0 Å². The number of nitrogens with one attached hydrogen (secondary N) is 1. The van der Waals surface area contributed by atoms with Crippen LogP contribution < -0.4 is 5.32 Å². The maximum atomic E-state index is 4.49. The first-order valence-electron chi connectivity index (χ1n) is 8.29. The molecule has 24 heavy (non-hydrogen) atoms. The molecule has 0 aliphatic carbocycles. The summed E-state index contributed by atoms with van der Waals surface area (Å²) in [7, 11) is 0. The molecule has 3 rings (SSSR count).